The van der Waals surface area contributed by atoms with Crippen molar-refractivity contribution in [2.24, 2.45) is 0 Å². The zero-order valence-electron chi connectivity index (χ0n) is 15.0. The normalized spacial score (nSPS) is 23.2. The van der Waals surface area contributed by atoms with Crippen molar-refractivity contribution in [1.29, 1.82) is 0 Å². The molecule has 3 rings (SSSR count). The van der Waals surface area contributed by atoms with E-state index in [4.69, 9.17) is 17.0 Å². The number of nitro groups is 1. The summed E-state index contributed by atoms with van der Waals surface area (Å²) in [6.07, 6.45) is -3.62. The molecule has 4 atom stereocenters. The molecule has 1 aromatic carbocycles. The third kappa shape index (κ3) is 4.73. The number of nitrogens with zero attached hydrogens (tertiary/aromatic N) is 3. The number of nitrogens with one attached hydrogen (secondary N) is 2. The third-order valence-corrected chi connectivity index (χ3v) is 5.26. The summed E-state index contributed by atoms with van der Waals surface area (Å²) in [6, 6.07) is 5.58. The van der Waals surface area contributed by atoms with Crippen LogP contribution in [-0.4, -0.2) is 59.8 Å². The summed E-state index contributed by atoms with van der Waals surface area (Å²) in [5.74, 6) is 0.142. The van der Waals surface area contributed by atoms with Gasteiger partial charge in [-0.3, -0.25) is 14.7 Å². The molecule has 0 saturated carbocycles. The van der Waals surface area contributed by atoms with E-state index < -0.39 is 41.8 Å². The minimum atomic E-state index is -1.42. The van der Waals surface area contributed by atoms with Gasteiger partial charge in [0.1, 0.15) is 18.3 Å². The maximum absolute atomic E-state index is 12.4. The van der Waals surface area contributed by atoms with Gasteiger partial charge in [-0.2, -0.15) is 4.98 Å². The maximum atomic E-state index is 12.4. The zero-order chi connectivity index (χ0) is 22.0. The van der Waals surface area contributed by atoms with Crippen molar-refractivity contribution < 1.29 is 25.0 Å². The molecule has 0 aliphatic carbocycles. The Morgan fingerprint density at radius 2 is 1.97 bits per heavy atom. The smallest absolute Gasteiger partial charge is 0.351 e. The summed E-state index contributed by atoms with van der Waals surface area (Å²) in [5.41, 5.74) is -0.344. The molecule has 0 bridgehead atoms. The van der Waals surface area contributed by atoms with Crippen LogP contribution in [0.4, 0.5) is 17.2 Å². The molecule has 1 aliphatic rings. The first kappa shape index (κ1) is 22.4. The van der Waals surface area contributed by atoms with Crippen molar-refractivity contribution in [1.82, 2.24) is 9.55 Å². The quantitative estimate of drug-likeness (QED) is 0.149. The van der Waals surface area contributed by atoms with E-state index >= 15 is 0 Å². The van der Waals surface area contributed by atoms with Crippen LogP contribution in [0.1, 0.15) is 6.23 Å². The number of nitro benzene ring substituents is 1. The molecule has 5 N–H and O–H groups in total. The fourth-order valence-electron chi connectivity index (χ4n) is 2.76. The molecule has 1 fully saturated rings. The Labute approximate surface area is 187 Å². The van der Waals surface area contributed by atoms with E-state index in [1.165, 1.54) is 30.5 Å². The van der Waals surface area contributed by atoms with E-state index in [9.17, 15) is 30.2 Å². The van der Waals surface area contributed by atoms with Crippen LogP contribution in [0.25, 0.3) is 0 Å². The van der Waals surface area contributed by atoms with Crippen molar-refractivity contribution in [2.45, 2.75) is 24.5 Å². The molecule has 0 amide bonds. The second-order valence-corrected chi connectivity index (χ2v) is 7.81. The third-order valence-electron chi connectivity index (χ3n) is 4.27. The lowest BCUT2D eigenvalue weighted by atomic mass is 10.1. The number of aliphatic hydroxyl groups is 3. The second kappa shape index (κ2) is 9.27. The highest BCUT2D eigenvalue weighted by molar-refractivity contribution is 14.1. The number of hydrogen-bond donors (Lipinski definition) is 5. The van der Waals surface area contributed by atoms with E-state index in [0.717, 1.165) is 4.57 Å². The number of aromatic nitrogens is 2. The van der Waals surface area contributed by atoms with Crippen LogP contribution < -0.4 is 16.3 Å². The van der Waals surface area contributed by atoms with Gasteiger partial charge in [0.25, 0.3) is 5.69 Å². The number of thiocarbonyl (C=S) groups is 1. The maximum Gasteiger partial charge on any atom is 0.351 e. The van der Waals surface area contributed by atoms with E-state index in [1.807, 2.05) is 22.6 Å². The number of benzene rings is 1. The molecule has 160 valence electrons. The number of ether oxygens (including phenoxy) is 1. The van der Waals surface area contributed by atoms with Gasteiger partial charge in [-0.15, -0.1) is 0 Å². The predicted octanol–water partition coefficient (Wildman–Crippen LogP) is 0.176. The fourth-order valence-corrected chi connectivity index (χ4v) is 3.53. The van der Waals surface area contributed by atoms with Gasteiger partial charge >= 0.3 is 5.69 Å². The first-order chi connectivity index (χ1) is 14.2. The monoisotopic (exact) mass is 549 g/mol. The highest BCUT2D eigenvalue weighted by Gasteiger charge is 2.43. The molecule has 1 aromatic heterocycles. The van der Waals surface area contributed by atoms with Gasteiger partial charge in [-0.25, -0.2) is 4.79 Å². The Morgan fingerprint density at radius 1 is 1.30 bits per heavy atom. The molecule has 1 saturated heterocycles. The van der Waals surface area contributed by atoms with Crippen molar-refractivity contribution in [3.8, 4) is 0 Å². The number of aliphatic hydroxyl groups excluding tert-OH is 3. The molecule has 2 heterocycles. The van der Waals surface area contributed by atoms with Crippen LogP contribution in [0.3, 0.4) is 0 Å². The molecule has 0 radical (unpaired) electrons. The van der Waals surface area contributed by atoms with Gasteiger partial charge < -0.3 is 30.7 Å². The summed E-state index contributed by atoms with van der Waals surface area (Å²) >= 11 is 7.07. The predicted molar refractivity (Wildman–Crippen MR) is 117 cm³/mol. The van der Waals surface area contributed by atoms with E-state index in [0.29, 0.717) is 9.26 Å². The second-order valence-electron chi connectivity index (χ2n) is 6.24. The van der Waals surface area contributed by atoms with Crippen LogP contribution >= 0.6 is 34.8 Å². The summed E-state index contributed by atoms with van der Waals surface area (Å²) in [5, 5.41) is 45.5. The average Bonchev–Trinajstić information content (AvgIpc) is 2.99. The topological polar surface area (TPSA) is 172 Å². The SMILES string of the molecule is O=c1nc(NC(=S)Nc2ccc([N+](=O)[O-])cc2)c(I)cn1C1OC(CO)C(O)C1O. The highest BCUT2D eigenvalue weighted by atomic mass is 127. The molecule has 0 spiro atoms. The molecular formula is C16H16IN5O7S. The van der Waals surface area contributed by atoms with Crippen LogP contribution in [0.2, 0.25) is 0 Å². The first-order valence-electron chi connectivity index (χ1n) is 8.45. The Morgan fingerprint density at radius 3 is 2.53 bits per heavy atom. The molecule has 14 heteroatoms. The molecule has 30 heavy (non-hydrogen) atoms. The minimum Gasteiger partial charge on any atom is -0.394 e. The fraction of sp³-hybridized carbons (Fsp3) is 0.312. The lowest BCUT2D eigenvalue weighted by molar-refractivity contribution is -0.384. The molecule has 1 aliphatic heterocycles. The largest absolute Gasteiger partial charge is 0.394 e. The van der Waals surface area contributed by atoms with Gasteiger partial charge in [0.15, 0.2) is 17.2 Å². The molecule has 12 nitrogen and oxygen atoms in total. The number of non-ortho nitro benzene ring substituents is 1. The van der Waals surface area contributed by atoms with Crippen LogP contribution in [-0.2, 0) is 4.74 Å². The van der Waals surface area contributed by atoms with Crippen LogP contribution in [0, 0.1) is 13.7 Å². The van der Waals surface area contributed by atoms with E-state index in [2.05, 4.69) is 15.6 Å². The summed E-state index contributed by atoms with van der Waals surface area (Å²) in [7, 11) is 0. The van der Waals surface area contributed by atoms with Crippen molar-refractivity contribution in [2.75, 3.05) is 17.2 Å². The summed E-state index contributed by atoms with van der Waals surface area (Å²) in [6.45, 7) is -0.518. The Hall–Kier alpha value is -2.24. The standard InChI is InChI=1S/C16H16IN5O7S/c17-9-5-21(14-12(25)11(24)10(6-23)29-14)16(26)20-13(9)19-15(30)18-7-1-3-8(4-2-7)22(27)28/h1-5,10-12,14,23-25H,6H2,(H2,18,19,20,26,30). The Bertz CT molecular complexity index is 1020. The van der Waals surface area contributed by atoms with E-state index in [-0.39, 0.29) is 16.6 Å². The lowest BCUT2D eigenvalue weighted by Gasteiger charge is -2.18. The van der Waals surface area contributed by atoms with Crippen molar-refractivity contribution in [3.63, 3.8) is 0 Å². The number of rotatable bonds is 5. The zero-order valence-corrected chi connectivity index (χ0v) is 18.0. The average molecular weight is 549 g/mol. The minimum absolute atomic E-state index is 0.0656. The van der Waals surface area contributed by atoms with Crippen molar-refractivity contribution >= 4 is 57.1 Å². The van der Waals surface area contributed by atoms with E-state index in [1.54, 1.807) is 0 Å². The summed E-state index contributed by atoms with van der Waals surface area (Å²) < 4.78 is 6.82. The van der Waals surface area contributed by atoms with Crippen LogP contribution in [0.15, 0.2) is 35.3 Å². The van der Waals surface area contributed by atoms with Gasteiger partial charge in [0, 0.05) is 24.0 Å². The van der Waals surface area contributed by atoms with Gasteiger partial charge in [-0.05, 0) is 46.9 Å². The Kier molecular flexibility index (Phi) is 6.94. The Balaban J connectivity index is 1.73. The number of anilines is 2. The molecule has 4 unspecified atom stereocenters. The van der Waals surface area contributed by atoms with Gasteiger partial charge in [-0.1, -0.05) is 0 Å². The molecule has 2 aromatic rings. The number of hydrogen-bond acceptors (Lipinski definition) is 9. The highest BCUT2D eigenvalue weighted by Crippen LogP contribution is 2.29. The lowest BCUT2D eigenvalue weighted by Crippen LogP contribution is -2.36. The molecular weight excluding hydrogens is 533 g/mol. The number of halogens is 1. The van der Waals surface area contributed by atoms with Gasteiger partial charge in [0.05, 0.1) is 15.1 Å². The first-order valence-corrected chi connectivity index (χ1v) is 9.93. The van der Waals surface area contributed by atoms with Gasteiger partial charge in [0.2, 0.25) is 0 Å². The van der Waals surface area contributed by atoms with Crippen molar-refractivity contribution in [3.05, 3.63) is 54.6 Å². The van der Waals surface area contributed by atoms with Crippen LogP contribution in [0.5, 0.6) is 0 Å². The summed E-state index contributed by atoms with van der Waals surface area (Å²) in [4.78, 5) is 26.5.